The molecule has 152 valence electrons. The number of anilines is 1. The monoisotopic (exact) mass is 407 g/mol. The highest BCUT2D eigenvalue weighted by Crippen LogP contribution is 2.22. The highest BCUT2D eigenvalue weighted by molar-refractivity contribution is 5.90. The number of rotatable bonds is 5. The van der Waals surface area contributed by atoms with Gasteiger partial charge in [0.15, 0.2) is 0 Å². The van der Waals surface area contributed by atoms with Crippen molar-refractivity contribution in [2.24, 2.45) is 0 Å². The molecule has 0 fully saturated rings. The molecule has 30 heavy (non-hydrogen) atoms. The van der Waals surface area contributed by atoms with Crippen LogP contribution in [0.25, 0.3) is 16.8 Å². The molecule has 0 bridgehead atoms. The lowest BCUT2D eigenvalue weighted by molar-refractivity contribution is -0.117. The number of carbonyl (C=O) groups excluding carboxylic acids is 1. The third kappa shape index (κ3) is 3.77. The van der Waals surface area contributed by atoms with Crippen LogP contribution in [-0.2, 0) is 11.3 Å². The molecule has 0 spiro atoms. The predicted molar refractivity (Wildman–Crippen MR) is 109 cm³/mol. The zero-order valence-corrected chi connectivity index (χ0v) is 16.3. The van der Waals surface area contributed by atoms with Gasteiger partial charge in [0.1, 0.15) is 29.5 Å². The maximum atomic E-state index is 13.3. The Balaban J connectivity index is 1.64. The van der Waals surface area contributed by atoms with E-state index in [9.17, 15) is 14.0 Å². The molecule has 0 saturated carbocycles. The molecular formula is C21H18FN5O3. The van der Waals surface area contributed by atoms with E-state index >= 15 is 0 Å². The van der Waals surface area contributed by atoms with Crippen molar-refractivity contribution in [3.63, 3.8) is 0 Å². The van der Waals surface area contributed by atoms with Crippen molar-refractivity contribution in [2.45, 2.75) is 13.5 Å². The normalized spacial score (nSPS) is 10.9. The molecule has 2 aromatic carbocycles. The summed E-state index contributed by atoms with van der Waals surface area (Å²) in [5.74, 6) is 0.203. The van der Waals surface area contributed by atoms with Crippen LogP contribution in [0, 0.1) is 12.7 Å². The number of aromatic nitrogens is 4. The number of ether oxygens (including phenoxy) is 1. The Labute approximate surface area is 170 Å². The minimum Gasteiger partial charge on any atom is -0.497 e. The van der Waals surface area contributed by atoms with Crippen molar-refractivity contribution >= 4 is 17.1 Å². The summed E-state index contributed by atoms with van der Waals surface area (Å²) in [7, 11) is 1.59. The lowest BCUT2D eigenvalue weighted by Crippen LogP contribution is -2.31. The molecule has 1 N–H and O–H groups in total. The van der Waals surface area contributed by atoms with Gasteiger partial charge < -0.3 is 10.1 Å². The van der Waals surface area contributed by atoms with E-state index in [2.05, 4.69) is 15.5 Å². The second-order valence-electron chi connectivity index (χ2n) is 6.62. The molecule has 2 heterocycles. The fraction of sp³-hybridized carbons (Fsp3) is 0.143. The molecule has 9 heteroatoms. The summed E-state index contributed by atoms with van der Waals surface area (Å²) >= 11 is 0. The molecule has 8 nitrogen and oxygen atoms in total. The first-order chi connectivity index (χ1) is 14.4. The molecule has 1 amide bonds. The Bertz CT molecular complexity index is 1290. The molecular weight excluding hydrogens is 389 g/mol. The zero-order chi connectivity index (χ0) is 21.3. The number of aryl methyl sites for hydroxylation is 1. The Kier molecular flexibility index (Phi) is 5.01. The zero-order valence-electron chi connectivity index (χ0n) is 16.3. The Morgan fingerprint density at radius 1 is 1.13 bits per heavy atom. The lowest BCUT2D eigenvalue weighted by Gasteiger charge is -2.08. The van der Waals surface area contributed by atoms with Crippen molar-refractivity contribution in [1.29, 1.82) is 0 Å². The van der Waals surface area contributed by atoms with E-state index in [1.165, 1.54) is 22.7 Å². The lowest BCUT2D eigenvalue weighted by atomic mass is 10.1. The summed E-state index contributed by atoms with van der Waals surface area (Å²) in [6.07, 6.45) is 0. The quantitative estimate of drug-likeness (QED) is 0.549. The number of amides is 1. The van der Waals surface area contributed by atoms with Crippen LogP contribution in [-0.4, -0.2) is 32.4 Å². The third-order valence-corrected chi connectivity index (χ3v) is 4.52. The summed E-state index contributed by atoms with van der Waals surface area (Å²) < 4.78 is 21.0. The minimum absolute atomic E-state index is 0.298. The number of fused-ring (bicyclic) bond motifs is 1. The van der Waals surface area contributed by atoms with E-state index in [4.69, 9.17) is 4.74 Å². The summed E-state index contributed by atoms with van der Waals surface area (Å²) in [5.41, 5.74) is 1.56. The largest absolute Gasteiger partial charge is 0.497 e. The van der Waals surface area contributed by atoms with Gasteiger partial charge in [0, 0.05) is 11.3 Å². The van der Waals surface area contributed by atoms with Crippen LogP contribution in [0.2, 0.25) is 0 Å². The van der Waals surface area contributed by atoms with E-state index in [-0.39, 0.29) is 6.54 Å². The number of hydrogen-bond donors (Lipinski definition) is 1. The van der Waals surface area contributed by atoms with Crippen LogP contribution in [0.1, 0.15) is 5.82 Å². The number of nitrogens with one attached hydrogen (secondary N) is 1. The fourth-order valence-electron chi connectivity index (χ4n) is 3.09. The van der Waals surface area contributed by atoms with Crippen molar-refractivity contribution in [3.05, 3.63) is 76.6 Å². The fourth-order valence-corrected chi connectivity index (χ4v) is 3.09. The number of halogens is 1. The van der Waals surface area contributed by atoms with Gasteiger partial charge in [-0.2, -0.15) is 10.2 Å². The second kappa shape index (κ2) is 7.78. The highest BCUT2D eigenvalue weighted by atomic mass is 19.1. The molecule has 4 aromatic rings. The van der Waals surface area contributed by atoms with Crippen LogP contribution in [0.4, 0.5) is 10.1 Å². The first-order valence-corrected chi connectivity index (χ1v) is 9.12. The summed E-state index contributed by atoms with van der Waals surface area (Å²) in [6.45, 7) is 1.38. The average molecular weight is 407 g/mol. The third-order valence-electron chi connectivity index (χ3n) is 4.52. The highest BCUT2D eigenvalue weighted by Gasteiger charge is 2.15. The number of hydrogen-bond acceptors (Lipinski definition) is 5. The van der Waals surface area contributed by atoms with Gasteiger partial charge in [0.25, 0.3) is 5.56 Å². The Morgan fingerprint density at radius 2 is 1.90 bits per heavy atom. The predicted octanol–water partition coefficient (Wildman–Crippen LogP) is 2.65. The molecule has 0 atom stereocenters. The molecule has 0 aliphatic carbocycles. The van der Waals surface area contributed by atoms with Crippen LogP contribution in [0.3, 0.4) is 0 Å². The molecule has 0 unspecified atom stereocenters. The number of carbonyl (C=O) groups is 1. The van der Waals surface area contributed by atoms with Crippen LogP contribution in [0.15, 0.2) is 59.4 Å². The first-order valence-electron chi connectivity index (χ1n) is 9.12. The van der Waals surface area contributed by atoms with Gasteiger partial charge in [0.2, 0.25) is 5.91 Å². The van der Waals surface area contributed by atoms with Gasteiger partial charge in [-0.3, -0.25) is 9.59 Å². The molecule has 2 aromatic heterocycles. The number of benzene rings is 2. The van der Waals surface area contributed by atoms with Gasteiger partial charge in [-0.1, -0.05) is 6.07 Å². The van der Waals surface area contributed by atoms with Crippen molar-refractivity contribution in [3.8, 4) is 17.0 Å². The topological polar surface area (TPSA) is 90.5 Å². The SMILES string of the molecule is COc1ccc(-c2cc3c(=O)n(CC(=O)Nc4cccc(F)c4)nc(C)n3n2)cc1. The van der Waals surface area contributed by atoms with Gasteiger partial charge in [0.05, 0.1) is 12.8 Å². The minimum atomic E-state index is -0.492. The van der Waals surface area contributed by atoms with Crippen molar-refractivity contribution in [1.82, 2.24) is 19.4 Å². The van der Waals surface area contributed by atoms with Crippen molar-refractivity contribution < 1.29 is 13.9 Å². The van der Waals surface area contributed by atoms with Crippen molar-refractivity contribution in [2.75, 3.05) is 12.4 Å². The van der Waals surface area contributed by atoms with Crippen LogP contribution < -0.4 is 15.6 Å². The molecule has 0 saturated heterocycles. The molecule has 0 aliphatic rings. The maximum Gasteiger partial charge on any atom is 0.293 e. The summed E-state index contributed by atoms with van der Waals surface area (Å²) in [6, 6.07) is 14.5. The van der Waals surface area contributed by atoms with Gasteiger partial charge in [-0.05, 0) is 55.5 Å². The summed E-state index contributed by atoms with van der Waals surface area (Å²) in [5, 5.41) is 11.2. The smallest absolute Gasteiger partial charge is 0.293 e. The Hall–Kier alpha value is -4.01. The Morgan fingerprint density at radius 3 is 2.60 bits per heavy atom. The standard InChI is InChI=1S/C21H18FN5O3/c1-13-24-26(12-20(28)23-16-5-3-4-15(22)10-16)21(29)19-11-18(25-27(13)19)14-6-8-17(30-2)9-7-14/h3-11H,12H2,1-2H3,(H,23,28). The molecule has 0 radical (unpaired) electrons. The molecule has 0 aliphatic heterocycles. The maximum absolute atomic E-state index is 13.3. The van der Waals surface area contributed by atoms with Crippen LogP contribution >= 0.6 is 0 Å². The van der Waals surface area contributed by atoms with E-state index in [0.29, 0.717) is 28.5 Å². The second-order valence-corrected chi connectivity index (χ2v) is 6.62. The first kappa shape index (κ1) is 19.3. The van der Waals surface area contributed by atoms with Gasteiger partial charge in [-0.25, -0.2) is 13.6 Å². The van der Waals surface area contributed by atoms with Gasteiger partial charge >= 0.3 is 0 Å². The van der Waals surface area contributed by atoms with E-state index in [1.807, 2.05) is 12.1 Å². The number of methoxy groups -OCH3 is 1. The number of nitrogens with zero attached hydrogens (tertiary/aromatic N) is 4. The molecule has 4 rings (SSSR count). The van der Waals surface area contributed by atoms with E-state index < -0.39 is 17.3 Å². The summed E-state index contributed by atoms with van der Waals surface area (Å²) in [4.78, 5) is 25.2. The van der Waals surface area contributed by atoms with E-state index in [1.54, 1.807) is 38.3 Å². The van der Waals surface area contributed by atoms with Gasteiger partial charge in [-0.15, -0.1) is 0 Å². The van der Waals surface area contributed by atoms with Crippen LogP contribution in [0.5, 0.6) is 5.75 Å². The van der Waals surface area contributed by atoms with E-state index in [0.717, 1.165) is 10.2 Å². The average Bonchev–Trinajstić information content (AvgIpc) is 3.18.